The van der Waals surface area contributed by atoms with Gasteiger partial charge in [0.15, 0.2) is 5.82 Å². The Kier molecular flexibility index (Phi) is 8.16. The molecule has 1 aliphatic carbocycles. The lowest BCUT2D eigenvalue weighted by molar-refractivity contribution is 0.668. The first-order valence-corrected chi connectivity index (χ1v) is 20.3. The molecule has 0 spiro atoms. The molecule has 0 saturated heterocycles. The summed E-state index contributed by atoms with van der Waals surface area (Å²) in [5.41, 5.74) is 17.2. The molecule has 0 amide bonds. The molecule has 0 fully saturated rings. The zero-order valence-corrected chi connectivity index (χ0v) is 32.9. The largest absolute Gasteiger partial charge is 0.264 e. The highest BCUT2D eigenvalue weighted by molar-refractivity contribution is 6.05. The Morgan fingerprint density at radius 3 is 1.75 bits per heavy atom. The van der Waals surface area contributed by atoms with Crippen molar-refractivity contribution >= 4 is 21.5 Å². The van der Waals surface area contributed by atoms with Gasteiger partial charge >= 0.3 is 0 Å². The van der Waals surface area contributed by atoms with Crippen LogP contribution in [0, 0.1) is 0 Å². The molecule has 1 aliphatic rings. The van der Waals surface area contributed by atoms with Crippen LogP contribution in [-0.2, 0) is 5.41 Å². The maximum Gasteiger partial charge on any atom is 0.160 e. The van der Waals surface area contributed by atoms with Gasteiger partial charge in [-0.25, -0.2) is 9.97 Å². The van der Waals surface area contributed by atoms with E-state index in [-0.39, 0.29) is 5.41 Å². The molecule has 0 radical (unpaired) electrons. The van der Waals surface area contributed by atoms with E-state index in [1.807, 2.05) is 30.5 Å². The maximum absolute atomic E-state index is 5.23. The fourth-order valence-electron chi connectivity index (χ4n) is 9.43. The number of hydrogen-bond acceptors (Lipinski definition) is 3. The molecule has 0 bridgehead atoms. The van der Waals surface area contributed by atoms with Gasteiger partial charge in [-0.2, -0.15) is 0 Å². The van der Waals surface area contributed by atoms with E-state index >= 15 is 0 Å². The van der Waals surface area contributed by atoms with Gasteiger partial charge in [-0.05, 0) is 89.8 Å². The Bertz CT molecular complexity index is 3220. The van der Waals surface area contributed by atoms with E-state index in [2.05, 4.69) is 183 Å². The molecule has 2 aromatic heterocycles. The molecule has 0 N–H and O–H groups in total. The number of rotatable bonds is 6. The molecule has 2 heterocycles. The molecule has 3 nitrogen and oxygen atoms in total. The molecule has 3 heteroatoms. The van der Waals surface area contributed by atoms with E-state index in [0.717, 1.165) is 44.6 Å². The van der Waals surface area contributed by atoms with E-state index in [0.29, 0.717) is 5.82 Å². The van der Waals surface area contributed by atoms with Gasteiger partial charge in [0.25, 0.3) is 0 Å². The van der Waals surface area contributed by atoms with Crippen molar-refractivity contribution in [3.63, 3.8) is 0 Å². The quantitative estimate of drug-likeness (QED) is 0.170. The lowest BCUT2D eigenvalue weighted by atomic mass is 9.77. The monoisotopic (exact) mass is 753 g/mol. The third-order valence-electron chi connectivity index (χ3n) is 12.2. The minimum atomic E-state index is -0.143. The van der Waals surface area contributed by atoms with Gasteiger partial charge in [0, 0.05) is 40.1 Å². The minimum Gasteiger partial charge on any atom is -0.264 e. The van der Waals surface area contributed by atoms with E-state index in [1.54, 1.807) is 6.20 Å². The van der Waals surface area contributed by atoms with Gasteiger partial charge in [0.05, 0.1) is 11.4 Å². The molecule has 59 heavy (non-hydrogen) atoms. The van der Waals surface area contributed by atoms with Crippen LogP contribution >= 0.6 is 0 Å². The molecule has 278 valence electrons. The van der Waals surface area contributed by atoms with Crippen molar-refractivity contribution in [3.8, 4) is 78.4 Å². The number of pyridine rings is 1. The Morgan fingerprint density at radius 2 is 0.949 bits per heavy atom. The molecule has 0 unspecified atom stereocenters. The van der Waals surface area contributed by atoms with Crippen LogP contribution in [0.15, 0.2) is 200 Å². The van der Waals surface area contributed by atoms with Crippen LogP contribution in [0.3, 0.4) is 0 Å². The molecular formula is C56H39N3. The Balaban J connectivity index is 0.997. The molecule has 11 rings (SSSR count). The third-order valence-corrected chi connectivity index (χ3v) is 12.2. The average molecular weight is 754 g/mol. The lowest BCUT2D eigenvalue weighted by Crippen LogP contribution is -2.16. The second-order valence-electron chi connectivity index (χ2n) is 16.0. The summed E-state index contributed by atoms with van der Waals surface area (Å²) in [5, 5.41) is 4.96. The Morgan fingerprint density at radius 1 is 0.356 bits per heavy atom. The first kappa shape index (κ1) is 34.7. The smallest absolute Gasteiger partial charge is 0.160 e. The van der Waals surface area contributed by atoms with Gasteiger partial charge < -0.3 is 0 Å². The molecule has 0 aliphatic heterocycles. The summed E-state index contributed by atoms with van der Waals surface area (Å²) >= 11 is 0. The van der Waals surface area contributed by atoms with E-state index < -0.39 is 0 Å². The van der Waals surface area contributed by atoms with Crippen molar-refractivity contribution in [2.45, 2.75) is 19.3 Å². The van der Waals surface area contributed by atoms with Gasteiger partial charge in [0.2, 0.25) is 0 Å². The molecule has 0 atom stereocenters. The van der Waals surface area contributed by atoms with Crippen LogP contribution in [0.1, 0.15) is 25.0 Å². The van der Waals surface area contributed by atoms with Crippen LogP contribution in [0.4, 0.5) is 0 Å². The summed E-state index contributed by atoms with van der Waals surface area (Å²) in [5.74, 6) is 0.695. The maximum atomic E-state index is 5.23. The van der Waals surface area contributed by atoms with Crippen molar-refractivity contribution in [1.82, 2.24) is 15.0 Å². The summed E-state index contributed by atoms with van der Waals surface area (Å²) in [6.45, 7) is 4.78. The number of hydrogen-bond donors (Lipinski definition) is 0. The molecule has 8 aromatic carbocycles. The minimum absolute atomic E-state index is 0.143. The highest BCUT2D eigenvalue weighted by atomic mass is 14.9. The van der Waals surface area contributed by atoms with E-state index in [1.165, 1.54) is 60.7 Å². The van der Waals surface area contributed by atoms with Crippen molar-refractivity contribution in [3.05, 3.63) is 212 Å². The fraction of sp³-hybridized carbons (Fsp3) is 0.0536. The van der Waals surface area contributed by atoms with E-state index in [4.69, 9.17) is 9.97 Å². The van der Waals surface area contributed by atoms with Crippen molar-refractivity contribution in [2.75, 3.05) is 0 Å². The van der Waals surface area contributed by atoms with Gasteiger partial charge in [0.1, 0.15) is 0 Å². The summed E-state index contributed by atoms with van der Waals surface area (Å²) in [4.78, 5) is 14.7. The van der Waals surface area contributed by atoms with Crippen molar-refractivity contribution in [1.29, 1.82) is 0 Å². The second-order valence-corrected chi connectivity index (χ2v) is 16.0. The van der Waals surface area contributed by atoms with Crippen molar-refractivity contribution < 1.29 is 0 Å². The summed E-state index contributed by atoms with van der Waals surface area (Å²) in [6, 6.07) is 67.5. The Hall–Kier alpha value is -7.49. The zero-order chi connectivity index (χ0) is 39.5. The number of aromatic nitrogens is 3. The van der Waals surface area contributed by atoms with Crippen LogP contribution in [0.2, 0.25) is 0 Å². The topological polar surface area (TPSA) is 38.7 Å². The SMILES string of the molecule is CC1(C)c2c(-c3ccc(-c4ccc(-c5cc(-c6cccc(-c7cccnc7)c6)nc(-c6ccccc6)n5)c5ccccc45)cc3)cccc2-c2ccc3ccccc3c21. The van der Waals surface area contributed by atoms with Crippen LogP contribution in [0.5, 0.6) is 0 Å². The number of nitrogens with zero attached hydrogens (tertiary/aromatic N) is 3. The van der Waals surface area contributed by atoms with Gasteiger partial charge in [-0.1, -0.05) is 184 Å². The van der Waals surface area contributed by atoms with Gasteiger partial charge in [-0.3, -0.25) is 4.98 Å². The van der Waals surface area contributed by atoms with Crippen LogP contribution < -0.4 is 0 Å². The second kappa shape index (κ2) is 13.9. The standard InChI is InChI=1S/C56H39N3/c1-56(2)53-45(22-11-23-49(53)50-29-28-36-13-6-7-19-44(36)54(50)56)38-26-24-37(25-27-38)43-30-31-48(47-21-9-8-20-46(43)47)52-34-51(58-55(59-52)39-14-4-3-5-15-39)41-17-10-16-40(33-41)42-18-12-32-57-35-42/h3-35H,1-2H3. The van der Waals surface area contributed by atoms with Crippen LogP contribution in [0.25, 0.3) is 100.0 Å². The molecular weight excluding hydrogens is 715 g/mol. The number of fused-ring (bicyclic) bond motifs is 6. The highest BCUT2D eigenvalue weighted by Gasteiger charge is 2.38. The first-order valence-electron chi connectivity index (χ1n) is 20.3. The molecule has 0 saturated carbocycles. The summed E-state index contributed by atoms with van der Waals surface area (Å²) in [7, 11) is 0. The average Bonchev–Trinajstić information content (AvgIpc) is 3.55. The predicted octanol–water partition coefficient (Wildman–Crippen LogP) is 14.5. The first-order chi connectivity index (χ1) is 29.0. The molecule has 10 aromatic rings. The summed E-state index contributed by atoms with van der Waals surface area (Å²) < 4.78 is 0. The normalized spacial score (nSPS) is 12.7. The van der Waals surface area contributed by atoms with Crippen molar-refractivity contribution in [2.24, 2.45) is 0 Å². The predicted molar refractivity (Wildman–Crippen MR) is 245 cm³/mol. The van der Waals surface area contributed by atoms with E-state index in [9.17, 15) is 0 Å². The summed E-state index contributed by atoms with van der Waals surface area (Å²) in [6.07, 6.45) is 3.70. The zero-order valence-electron chi connectivity index (χ0n) is 32.9. The highest BCUT2D eigenvalue weighted by Crippen LogP contribution is 2.54. The fourth-order valence-corrected chi connectivity index (χ4v) is 9.43. The Labute approximate surface area is 344 Å². The van der Waals surface area contributed by atoms with Gasteiger partial charge in [-0.15, -0.1) is 0 Å². The van der Waals surface area contributed by atoms with Crippen LogP contribution in [-0.4, -0.2) is 15.0 Å². The number of benzene rings is 8. The third kappa shape index (κ3) is 5.85. The lowest BCUT2D eigenvalue weighted by Gasteiger charge is -2.26.